The van der Waals surface area contributed by atoms with E-state index in [1.165, 1.54) is 43.5 Å². The normalized spacial score (nSPS) is 11.6. The predicted octanol–water partition coefficient (Wildman–Crippen LogP) is 4.45. The molecule has 0 fully saturated rings. The van der Waals surface area contributed by atoms with E-state index in [2.05, 4.69) is 15.3 Å². The van der Waals surface area contributed by atoms with E-state index in [-0.39, 0.29) is 47.1 Å². The number of rotatable bonds is 6. The maximum atomic E-state index is 13.4. The van der Waals surface area contributed by atoms with Gasteiger partial charge in [0.2, 0.25) is 5.89 Å². The van der Waals surface area contributed by atoms with E-state index in [1.54, 1.807) is 6.07 Å². The first-order valence-electron chi connectivity index (χ1n) is 9.99. The lowest BCUT2D eigenvalue weighted by Gasteiger charge is -2.11. The first kappa shape index (κ1) is 23.2. The molecule has 0 saturated heterocycles. The Labute approximate surface area is 190 Å². The summed E-state index contributed by atoms with van der Waals surface area (Å²) >= 11 is 0. The minimum atomic E-state index is -4.64. The second-order valence-electron chi connectivity index (χ2n) is 7.21. The van der Waals surface area contributed by atoms with Crippen molar-refractivity contribution >= 4 is 16.8 Å². The van der Waals surface area contributed by atoms with Gasteiger partial charge in [0, 0.05) is 17.5 Å². The molecule has 4 rings (SSSR count). The number of nitrogens with zero attached hydrogens (tertiary/aromatic N) is 2. The zero-order chi connectivity index (χ0) is 24.5. The molecule has 0 radical (unpaired) electrons. The molecule has 0 aliphatic rings. The SMILES string of the molecule is COc1ccc(-c2nc(C(=O)NCc3cccc(F)c3)c(CN)o2)c2ccc(C(F)(F)F)nc12. The lowest BCUT2D eigenvalue weighted by molar-refractivity contribution is -0.140. The van der Waals surface area contributed by atoms with E-state index < -0.39 is 23.6 Å². The number of hydrogen-bond donors (Lipinski definition) is 2. The van der Waals surface area contributed by atoms with Crippen LogP contribution in [0.4, 0.5) is 17.6 Å². The topological polar surface area (TPSA) is 103 Å². The molecule has 7 nitrogen and oxygen atoms in total. The Balaban J connectivity index is 1.71. The van der Waals surface area contributed by atoms with Crippen LogP contribution in [0.5, 0.6) is 5.75 Å². The molecule has 2 aromatic carbocycles. The fourth-order valence-corrected chi connectivity index (χ4v) is 3.40. The zero-order valence-corrected chi connectivity index (χ0v) is 17.7. The van der Waals surface area contributed by atoms with Crippen LogP contribution in [-0.2, 0) is 19.3 Å². The molecule has 2 aromatic heterocycles. The van der Waals surface area contributed by atoms with Crippen molar-refractivity contribution in [2.75, 3.05) is 7.11 Å². The quantitative estimate of drug-likeness (QED) is 0.401. The van der Waals surface area contributed by atoms with Gasteiger partial charge in [-0.1, -0.05) is 12.1 Å². The highest BCUT2D eigenvalue weighted by Gasteiger charge is 2.33. The summed E-state index contributed by atoms with van der Waals surface area (Å²) in [6.45, 7) is -0.112. The van der Waals surface area contributed by atoms with Gasteiger partial charge in [0.1, 0.15) is 22.8 Å². The molecule has 0 aliphatic carbocycles. The highest BCUT2D eigenvalue weighted by Crippen LogP contribution is 2.36. The summed E-state index contributed by atoms with van der Waals surface area (Å²) in [7, 11) is 1.31. The van der Waals surface area contributed by atoms with E-state index in [1.807, 2.05) is 0 Å². The number of halogens is 4. The molecule has 3 N–H and O–H groups in total. The molecule has 0 atom stereocenters. The Morgan fingerprint density at radius 1 is 1.15 bits per heavy atom. The fourth-order valence-electron chi connectivity index (χ4n) is 3.40. The number of benzene rings is 2. The number of pyridine rings is 1. The first-order chi connectivity index (χ1) is 16.2. The maximum Gasteiger partial charge on any atom is 0.433 e. The summed E-state index contributed by atoms with van der Waals surface area (Å²) in [5.41, 5.74) is 5.35. The van der Waals surface area contributed by atoms with E-state index in [9.17, 15) is 22.4 Å². The number of oxazole rings is 1. The fraction of sp³-hybridized carbons (Fsp3) is 0.174. The van der Waals surface area contributed by atoms with Crippen LogP contribution in [0.3, 0.4) is 0 Å². The van der Waals surface area contributed by atoms with Gasteiger partial charge >= 0.3 is 6.18 Å². The van der Waals surface area contributed by atoms with Gasteiger partial charge in [-0.2, -0.15) is 13.2 Å². The Morgan fingerprint density at radius 3 is 2.62 bits per heavy atom. The van der Waals surface area contributed by atoms with Crippen LogP contribution in [0.25, 0.3) is 22.4 Å². The van der Waals surface area contributed by atoms with Crippen molar-refractivity contribution in [1.29, 1.82) is 0 Å². The lowest BCUT2D eigenvalue weighted by atomic mass is 10.1. The molecular weight excluding hydrogens is 456 g/mol. The number of nitrogens with two attached hydrogens (primary N) is 1. The number of aromatic nitrogens is 2. The van der Waals surface area contributed by atoms with Crippen molar-refractivity contribution in [3.63, 3.8) is 0 Å². The maximum absolute atomic E-state index is 13.4. The van der Waals surface area contributed by atoms with Gasteiger partial charge in [-0.15, -0.1) is 0 Å². The van der Waals surface area contributed by atoms with Gasteiger partial charge in [0.05, 0.1) is 13.7 Å². The van der Waals surface area contributed by atoms with Gasteiger partial charge in [-0.3, -0.25) is 4.79 Å². The number of carbonyl (C=O) groups is 1. The van der Waals surface area contributed by atoms with E-state index in [4.69, 9.17) is 14.9 Å². The van der Waals surface area contributed by atoms with Gasteiger partial charge in [0.25, 0.3) is 5.91 Å². The number of methoxy groups -OCH3 is 1. The predicted molar refractivity (Wildman–Crippen MR) is 114 cm³/mol. The minimum absolute atomic E-state index is 0.0226. The summed E-state index contributed by atoms with van der Waals surface area (Å²) < 4.78 is 63.7. The summed E-state index contributed by atoms with van der Waals surface area (Å²) in [4.78, 5) is 20.6. The third-order valence-corrected chi connectivity index (χ3v) is 5.00. The highest BCUT2D eigenvalue weighted by molar-refractivity contribution is 5.98. The Morgan fingerprint density at radius 2 is 1.94 bits per heavy atom. The van der Waals surface area contributed by atoms with Crippen LogP contribution in [0.15, 0.2) is 52.9 Å². The Hall–Kier alpha value is -3.99. The second-order valence-corrected chi connectivity index (χ2v) is 7.21. The monoisotopic (exact) mass is 474 g/mol. The van der Waals surface area contributed by atoms with Crippen LogP contribution in [0.1, 0.15) is 27.5 Å². The number of ether oxygens (including phenoxy) is 1. The standard InChI is InChI=1S/C23H18F4N4O3/c1-33-16-7-5-15(14-6-8-18(23(25,26)27)30-19(14)16)22-31-20(17(10-28)34-22)21(32)29-11-12-3-2-4-13(24)9-12/h2-9H,10-11,28H2,1H3,(H,29,32). The third-order valence-electron chi connectivity index (χ3n) is 5.00. The largest absolute Gasteiger partial charge is 0.494 e. The zero-order valence-electron chi connectivity index (χ0n) is 17.7. The summed E-state index contributed by atoms with van der Waals surface area (Å²) in [6.07, 6.45) is -4.64. The Kier molecular flexibility index (Phi) is 6.20. The smallest absolute Gasteiger partial charge is 0.433 e. The molecule has 176 valence electrons. The van der Waals surface area contributed by atoms with E-state index in [0.717, 1.165) is 6.07 Å². The van der Waals surface area contributed by atoms with Crippen LogP contribution in [0, 0.1) is 5.82 Å². The van der Waals surface area contributed by atoms with Crippen LogP contribution < -0.4 is 15.8 Å². The molecule has 4 aromatic rings. The van der Waals surface area contributed by atoms with E-state index >= 15 is 0 Å². The van der Waals surface area contributed by atoms with Crippen molar-refractivity contribution in [2.24, 2.45) is 5.73 Å². The average Bonchev–Trinajstić information content (AvgIpc) is 3.25. The van der Waals surface area contributed by atoms with Crippen molar-refractivity contribution in [2.45, 2.75) is 19.3 Å². The molecular formula is C23H18F4N4O3. The van der Waals surface area contributed by atoms with Crippen LogP contribution in [0.2, 0.25) is 0 Å². The molecule has 0 unspecified atom stereocenters. The van der Waals surface area contributed by atoms with Crippen molar-refractivity contribution in [3.05, 3.63) is 77.1 Å². The molecule has 0 spiro atoms. The number of nitrogens with one attached hydrogen (secondary N) is 1. The summed E-state index contributed by atoms with van der Waals surface area (Å²) in [6, 6.07) is 10.8. The molecule has 11 heteroatoms. The van der Waals surface area contributed by atoms with Gasteiger partial charge in [-0.05, 0) is 42.0 Å². The van der Waals surface area contributed by atoms with Crippen molar-refractivity contribution in [3.8, 4) is 17.2 Å². The summed E-state index contributed by atoms with van der Waals surface area (Å²) in [5.74, 6) is -0.855. The molecule has 34 heavy (non-hydrogen) atoms. The highest BCUT2D eigenvalue weighted by atomic mass is 19.4. The van der Waals surface area contributed by atoms with Crippen molar-refractivity contribution < 1.29 is 31.5 Å². The lowest BCUT2D eigenvalue weighted by Crippen LogP contribution is -2.24. The second kappa shape index (κ2) is 9.10. The van der Waals surface area contributed by atoms with Crippen molar-refractivity contribution in [1.82, 2.24) is 15.3 Å². The van der Waals surface area contributed by atoms with Gasteiger partial charge in [-0.25, -0.2) is 14.4 Å². The Bertz CT molecular complexity index is 1370. The molecule has 1 amide bonds. The van der Waals surface area contributed by atoms with Gasteiger partial charge in [0.15, 0.2) is 11.5 Å². The first-order valence-corrected chi connectivity index (χ1v) is 9.99. The number of alkyl halides is 3. The minimum Gasteiger partial charge on any atom is -0.494 e. The third kappa shape index (κ3) is 4.55. The van der Waals surface area contributed by atoms with Crippen LogP contribution >= 0.6 is 0 Å². The molecule has 2 heterocycles. The van der Waals surface area contributed by atoms with Crippen LogP contribution in [-0.4, -0.2) is 23.0 Å². The average molecular weight is 474 g/mol. The number of fused-ring (bicyclic) bond motifs is 1. The number of carbonyl (C=O) groups excluding carboxylic acids is 1. The number of hydrogen-bond acceptors (Lipinski definition) is 6. The number of amides is 1. The summed E-state index contributed by atoms with van der Waals surface area (Å²) in [5, 5.41) is 2.90. The van der Waals surface area contributed by atoms with E-state index in [0.29, 0.717) is 11.1 Å². The van der Waals surface area contributed by atoms with Gasteiger partial charge < -0.3 is 20.2 Å². The molecule has 0 aliphatic heterocycles. The molecule has 0 saturated carbocycles. The molecule has 0 bridgehead atoms.